The van der Waals surface area contributed by atoms with E-state index in [0.717, 1.165) is 35.4 Å². The number of nitrogens with zero attached hydrogens (tertiary/aromatic N) is 4. The molecular weight excluding hydrogens is 340 g/mol. The third-order valence-corrected chi connectivity index (χ3v) is 5.78. The molecule has 136 valence electrons. The molecule has 0 unspecified atom stereocenters. The number of aromatic nitrogens is 3. The largest absolute Gasteiger partial charge is 0.372 e. The number of hydrogen-bond acceptors (Lipinski definition) is 4. The van der Waals surface area contributed by atoms with Crippen molar-refractivity contribution in [3.63, 3.8) is 0 Å². The van der Waals surface area contributed by atoms with Crippen LogP contribution in [0.4, 0.5) is 5.69 Å². The molecule has 0 bridgehead atoms. The van der Waals surface area contributed by atoms with Gasteiger partial charge in [0.2, 0.25) is 0 Å². The van der Waals surface area contributed by atoms with Crippen LogP contribution >= 0.6 is 11.8 Å². The van der Waals surface area contributed by atoms with Gasteiger partial charge in [0.25, 0.3) is 0 Å². The molecule has 0 amide bonds. The van der Waals surface area contributed by atoms with E-state index in [1.807, 2.05) is 7.05 Å². The van der Waals surface area contributed by atoms with Crippen LogP contribution in [-0.4, -0.2) is 27.9 Å². The molecule has 5 heteroatoms. The van der Waals surface area contributed by atoms with E-state index < -0.39 is 0 Å². The Morgan fingerprint density at radius 2 is 1.65 bits per heavy atom. The second-order valence-electron chi connectivity index (χ2n) is 6.30. The summed E-state index contributed by atoms with van der Waals surface area (Å²) >= 11 is 1.73. The highest BCUT2D eigenvalue weighted by molar-refractivity contribution is 7.98. The van der Waals surface area contributed by atoms with Gasteiger partial charge in [0.15, 0.2) is 11.0 Å². The van der Waals surface area contributed by atoms with Crippen molar-refractivity contribution in [1.29, 1.82) is 0 Å². The maximum absolute atomic E-state index is 4.41. The van der Waals surface area contributed by atoms with Crippen molar-refractivity contribution in [3.05, 3.63) is 59.7 Å². The molecule has 2 aromatic carbocycles. The fraction of sp³-hybridized carbons (Fsp3) is 0.333. The molecule has 1 heterocycles. The van der Waals surface area contributed by atoms with E-state index in [2.05, 4.69) is 89.0 Å². The summed E-state index contributed by atoms with van der Waals surface area (Å²) in [5.41, 5.74) is 4.99. The van der Waals surface area contributed by atoms with Gasteiger partial charge in [0.05, 0.1) is 0 Å². The van der Waals surface area contributed by atoms with Crippen LogP contribution in [0.2, 0.25) is 0 Å². The normalized spacial score (nSPS) is 10.9. The maximum Gasteiger partial charge on any atom is 0.191 e. The molecule has 4 nitrogen and oxygen atoms in total. The molecule has 0 aliphatic heterocycles. The first kappa shape index (κ1) is 18.5. The second kappa shape index (κ2) is 8.41. The van der Waals surface area contributed by atoms with Crippen LogP contribution < -0.4 is 4.90 Å². The minimum absolute atomic E-state index is 0.902. The van der Waals surface area contributed by atoms with Gasteiger partial charge in [0, 0.05) is 37.1 Å². The smallest absolute Gasteiger partial charge is 0.191 e. The van der Waals surface area contributed by atoms with Crippen molar-refractivity contribution in [1.82, 2.24) is 14.8 Å². The number of anilines is 1. The summed E-state index contributed by atoms with van der Waals surface area (Å²) in [5, 5.41) is 9.75. The van der Waals surface area contributed by atoms with Crippen LogP contribution in [0.1, 0.15) is 25.0 Å². The minimum atomic E-state index is 0.902. The summed E-state index contributed by atoms with van der Waals surface area (Å²) in [6.07, 6.45) is 0. The Hall–Kier alpha value is -2.27. The molecule has 0 aliphatic carbocycles. The molecule has 26 heavy (non-hydrogen) atoms. The Labute approximate surface area is 160 Å². The monoisotopic (exact) mass is 366 g/mol. The quantitative estimate of drug-likeness (QED) is 0.555. The standard InChI is InChI=1S/C21H26N4S/c1-5-25(6-2)19-13-11-17(12-14-19)20-22-23-21(24(20)4)26-15-18-10-8-7-9-16(18)3/h7-14H,5-6,15H2,1-4H3. The summed E-state index contributed by atoms with van der Waals surface area (Å²) in [6, 6.07) is 17.1. The number of aryl methyl sites for hydroxylation is 1. The van der Waals surface area contributed by atoms with Crippen LogP contribution in [-0.2, 0) is 12.8 Å². The fourth-order valence-corrected chi connectivity index (χ4v) is 4.00. The second-order valence-corrected chi connectivity index (χ2v) is 7.24. The maximum atomic E-state index is 4.41. The van der Waals surface area contributed by atoms with Crippen molar-refractivity contribution < 1.29 is 0 Å². The van der Waals surface area contributed by atoms with Crippen molar-refractivity contribution in [2.75, 3.05) is 18.0 Å². The van der Waals surface area contributed by atoms with Crippen molar-refractivity contribution in [2.45, 2.75) is 31.7 Å². The van der Waals surface area contributed by atoms with E-state index in [9.17, 15) is 0 Å². The van der Waals surface area contributed by atoms with E-state index in [-0.39, 0.29) is 0 Å². The zero-order valence-corrected chi connectivity index (χ0v) is 16.8. The molecule has 0 spiro atoms. The lowest BCUT2D eigenvalue weighted by atomic mass is 10.1. The summed E-state index contributed by atoms with van der Waals surface area (Å²) in [4.78, 5) is 2.34. The van der Waals surface area contributed by atoms with Gasteiger partial charge in [-0.1, -0.05) is 36.0 Å². The molecule has 0 aliphatic rings. The summed E-state index contributed by atoms with van der Waals surface area (Å²) in [7, 11) is 2.04. The first-order valence-corrected chi connectivity index (χ1v) is 10.0. The van der Waals surface area contributed by atoms with Crippen LogP contribution in [0, 0.1) is 6.92 Å². The Morgan fingerprint density at radius 3 is 2.31 bits per heavy atom. The highest BCUT2D eigenvalue weighted by Gasteiger charge is 2.12. The Kier molecular flexibility index (Phi) is 5.99. The third-order valence-electron chi connectivity index (χ3n) is 4.71. The molecule has 0 radical (unpaired) electrons. The highest BCUT2D eigenvalue weighted by atomic mass is 32.2. The molecule has 0 saturated heterocycles. The molecule has 0 fully saturated rings. The third kappa shape index (κ3) is 3.93. The topological polar surface area (TPSA) is 34.0 Å². The van der Waals surface area contributed by atoms with Gasteiger partial charge in [-0.2, -0.15) is 0 Å². The van der Waals surface area contributed by atoms with Gasteiger partial charge in [-0.15, -0.1) is 10.2 Å². The average molecular weight is 367 g/mol. The zero-order chi connectivity index (χ0) is 18.5. The Morgan fingerprint density at radius 1 is 0.962 bits per heavy atom. The first-order valence-electron chi connectivity index (χ1n) is 9.06. The summed E-state index contributed by atoms with van der Waals surface area (Å²) in [6.45, 7) is 8.53. The molecule has 0 saturated carbocycles. The number of thioether (sulfide) groups is 1. The average Bonchev–Trinajstić information content (AvgIpc) is 3.03. The SMILES string of the molecule is CCN(CC)c1ccc(-c2nnc(SCc3ccccc3C)n2C)cc1. The lowest BCUT2D eigenvalue weighted by molar-refractivity contribution is 0.793. The van der Waals surface area contributed by atoms with E-state index in [1.54, 1.807) is 11.8 Å². The van der Waals surface area contributed by atoms with Gasteiger partial charge in [-0.25, -0.2) is 0 Å². The molecule has 3 aromatic rings. The van der Waals surface area contributed by atoms with Crippen LogP contribution in [0.3, 0.4) is 0 Å². The van der Waals surface area contributed by atoms with Crippen molar-refractivity contribution in [3.8, 4) is 11.4 Å². The van der Waals surface area contributed by atoms with Crippen molar-refractivity contribution >= 4 is 17.4 Å². The van der Waals surface area contributed by atoms with Gasteiger partial charge >= 0.3 is 0 Å². The van der Waals surface area contributed by atoms with Gasteiger partial charge < -0.3 is 9.47 Å². The zero-order valence-electron chi connectivity index (χ0n) is 15.9. The molecule has 1 aromatic heterocycles. The number of benzene rings is 2. The lowest BCUT2D eigenvalue weighted by Gasteiger charge is -2.21. The molecular formula is C21H26N4S. The Bertz CT molecular complexity index is 851. The summed E-state index contributed by atoms with van der Waals surface area (Å²) < 4.78 is 2.08. The predicted molar refractivity (Wildman–Crippen MR) is 111 cm³/mol. The molecule has 3 rings (SSSR count). The van der Waals surface area contributed by atoms with Crippen LogP contribution in [0.25, 0.3) is 11.4 Å². The minimum Gasteiger partial charge on any atom is -0.372 e. The van der Waals surface area contributed by atoms with E-state index >= 15 is 0 Å². The number of rotatable bonds is 7. The van der Waals surface area contributed by atoms with Crippen LogP contribution in [0.5, 0.6) is 0 Å². The summed E-state index contributed by atoms with van der Waals surface area (Å²) in [5.74, 6) is 1.81. The first-order chi connectivity index (χ1) is 12.6. The van der Waals surface area contributed by atoms with E-state index in [0.29, 0.717) is 0 Å². The van der Waals surface area contributed by atoms with Gasteiger partial charge in [-0.3, -0.25) is 0 Å². The number of hydrogen-bond donors (Lipinski definition) is 0. The van der Waals surface area contributed by atoms with Gasteiger partial charge in [0.1, 0.15) is 0 Å². The molecule has 0 N–H and O–H groups in total. The van der Waals surface area contributed by atoms with Crippen molar-refractivity contribution in [2.24, 2.45) is 7.05 Å². The lowest BCUT2D eigenvalue weighted by Crippen LogP contribution is -2.21. The Balaban J connectivity index is 1.75. The van der Waals surface area contributed by atoms with E-state index in [1.165, 1.54) is 16.8 Å². The molecule has 0 atom stereocenters. The van der Waals surface area contributed by atoms with E-state index in [4.69, 9.17) is 0 Å². The van der Waals surface area contributed by atoms with Gasteiger partial charge in [-0.05, 0) is 56.2 Å². The predicted octanol–water partition coefficient (Wildman–Crippen LogP) is 4.93. The fourth-order valence-electron chi connectivity index (χ4n) is 3.02. The highest BCUT2D eigenvalue weighted by Crippen LogP contribution is 2.27. The van der Waals surface area contributed by atoms with Crippen LogP contribution in [0.15, 0.2) is 53.7 Å².